The molecule has 1 aliphatic heterocycles. The van der Waals surface area contributed by atoms with E-state index in [1.807, 2.05) is 38.1 Å². The number of ketones is 1. The third-order valence-corrected chi connectivity index (χ3v) is 6.02. The SMILES string of the molecule is CCOc1ccc(N2C(=O)C(=O)/C(=C(/O)c3ccc(OC)cc3OC)C2c2ccccc2C)cc1. The standard InChI is InChI=1S/C28H27NO6/c1-5-35-19-12-10-18(11-13-19)29-25(21-9-7-6-8-17(21)2)24(27(31)28(29)32)26(30)22-15-14-20(33-3)16-23(22)34-4/h6-16,25,30H,5H2,1-4H3/b26-24+. The molecule has 1 atom stereocenters. The van der Waals surface area contributed by atoms with Gasteiger partial charge < -0.3 is 19.3 Å². The smallest absolute Gasteiger partial charge is 0.300 e. The van der Waals surface area contributed by atoms with E-state index in [0.29, 0.717) is 29.5 Å². The summed E-state index contributed by atoms with van der Waals surface area (Å²) < 4.78 is 16.2. The van der Waals surface area contributed by atoms with Crippen LogP contribution in [0.2, 0.25) is 0 Å². The molecule has 1 aliphatic rings. The molecule has 1 saturated heterocycles. The fourth-order valence-corrected chi connectivity index (χ4v) is 4.30. The zero-order valence-corrected chi connectivity index (χ0v) is 20.1. The van der Waals surface area contributed by atoms with Crippen LogP contribution in [0.5, 0.6) is 17.2 Å². The van der Waals surface area contributed by atoms with Crippen LogP contribution in [0.25, 0.3) is 5.76 Å². The van der Waals surface area contributed by atoms with Crippen LogP contribution < -0.4 is 19.1 Å². The van der Waals surface area contributed by atoms with Crippen LogP contribution in [0.15, 0.2) is 72.3 Å². The molecule has 3 aromatic rings. The molecule has 0 radical (unpaired) electrons. The van der Waals surface area contributed by atoms with Crippen LogP contribution in [0.4, 0.5) is 5.69 Å². The number of ether oxygens (including phenoxy) is 3. The maximum atomic E-state index is 13.4. The minimum absolute atomic E-state index is 0.0124. The molecule has 1 heterocycles. The fraction of sp³-hybridized carbons (Fsp3) is 0.214. The Kier molecular flexibility index (Phi) is 6.78. The molecule has 7 nitrogen and oxygen atoms in total. The van der Waals surface area contributed by atoms with Gasteiger partial charge in [0.1, 0.15) is 23.0 Å². The van der Waals surface area contributed by atoms with Crippen LogP contribution in [-0.2, 0) is 9.59 Å². The highest BCUT2D eigenvalue weighted by atomic mass is 16.5. The molecule has 0 aliphatic carbocycles. The zero-order chi connectivity index (χ0) is 25.1. The Balaban J connectivity index is 1.93. The van der Waals surface area contributed by atoms with Crippen molar-refractivity contribution in [2.45, 2.75) is 19.9 Å². The number of benzene rings is 3. The Morgan fingerprint density at radius 2 is 1.63 bits per heavy atom. The Labute approximate surface area is 204 Å². The third-order valence-electron chi connectivity index (χ3n) is 6.02. The van der Waals surface area contributed by atoms with Gasteiger partial charge in [0.2, 0.25) is 0 Å². The van der Waals surface area contributed by atoms with Crippen molar-refractivity contribution in [1.82, 2.24) is 0 Å². The summed E-state index contributed by atoms with van der Waals surface area (Å²) in [5.74, 6) is -0.312. The number of rotatable bonds is 7. The molecule has 1 unspecified atom stereocenters. The monoisotopic (exact) mass is 473 g/mol. The number of carbonyl (C=O) groups excluding carboxylic acids is 2. The lowest BCUT2D eigenvalue weighted by atomic mass is 9.92. The number of methoxy groups -OCH3 is 2. The number of Topliss-reactive ketones (excluding diaryl/α,β-unsaturated/α-hetero) is 1. The number of nitrogens with zero attached hydrogens (tertiary/aromatic N) is 1. The largest absolute Gasteiger partial charge is 0.507 e. The Morgan fingerprint density at radius 1 is 0.943 bits per heavy atom. The van der Waals surface area contributed by atoms with Gasteiger partial charge in [-0.1, -0.05) is 24.3 Å². The van der Waals surface area contributed by atoms with Crippen LogP contribution in [-0.4, -0.2) is 37.6 Å². The fourth-order valence-electron chi connectivity index (χ4n) is 4.30. The summed E-state index contributed by atoms with van der Waals surface area (Å²) in [6, 6.07) is 18.5. The van der Waals surface area contributed by atoms with Gasteiger partial charge in [-0.2, -0.15) is 0 Å². The molecular formula is C28H27NO6. The molecule has 0 aromatic heterocycles. The highest BCUT2D eigenvalue weighted by molar-refractivity contribution is 6.51. The van der Waals surface area contributed by atoms with Crippen molar-refractivity contribution in [2.75, 3.05) is 25.7 Å². The Bertz CT molecular complexity index is 1300. The summed E-state index contributed by atoms with van der Waals surface area (Å²) in [4.78, 5) is 28.2. The second-order valence-electron chi connectivity index (χ2n) is 8.02. The molecule has 180 valence electrons. The zero-order valence-electron chi connectivity index (χ0n) is 20.1. The predicted octanol–water partition coefficient (Wildman–Crippen LogP) is 5.04. The Morgan fingerprint density at radius 3 is 2.26 bits per heavy atom. The maximum absolute atomic E-state index is 13.4. The molecule has 0 spiro atoms. The van der Waals surface area contributed by atoms with Gasteiger partial charge in [-0.15, -0.1) is 0 Å². The van der Waals surface area contributed by atoms with E-state index in [-0.39, 0.29) is 16.9 Å². The lowest BCUT2D eigenvalue weighted by Crippen LogP contribution is -2.29. The number of aliphatic hydroxyl groups is 1. The highest BCUT2D eigenvalue weighted by Crippen LogP contribution is 2.44. The van der Waals surface area contributed by atoms with Crippen molar-refractivity contribution in [3.63, 3.8) is 0 Å². The van der Waals surface area contributed by atoms with Crippen LogP contribution in [0.3, 0.4) is 0 Å². The van der Waals surface area contributed by atoms with Gasteiger partial charge in [0.05, 0.1) is 38.0 Å². The summed E-state index contributed by atoms with van der Waals surface area (Å²) >= 11 is 0. The third kappa shape index (κ3) is 4.33. The molecular weight excluding hydrogens is 446 g/mol. The number of carbonyl (C=O) groups is 2. The minimum atomic E-state index is -0.832. The summed E-state index contributed by atoms with van der Waals surface area (Å²) in [6.07, 6.45) is 0. The number of aryl methyl sites for hydroxylation is 1. The second-order valence-corrected chi connectivity index (χ2v) is 8.02. The van der Waals surface area contributed by atoms with E-state index in [9.17, 15) is 14.7 Å². The first kappa shape index (κ1) is 23.9. The molecule has 1 amide bonds. The molecule has 3 aromatic carbocycles. The van der Waals surface area contributed by atoms with Crippen LogP contribution in [0, 0.1) is 6.92 Å². The first-order valence-corrected chi connectivity index (χ1v) is 11.2. The van der Waals surface area contributed by atoms with Crippen molar-refractivity contribution in [2.24, 2.45) is 0 Å². The van der Waals surface area contributed by atoms with Gasteiger partial charge in [0.15, 0.2) is 0 Å². The molecule has 0 bridgehead atoms. The van der Waals surface area contributed by atoms with Crippen molar-refractivity contribution >= 4 is 23.1 Å². The molecule has 1 fully saturated rings. The van der Waals surface area contributed by atoms with Crippen molar-refractivity contribution in [1.29, 1.82) is 0 Å². The number of aliphatic hydroxyl groups excluding tert-OH is 1. The summed E-state index contributed by atoms with van der Waals surface area (Å²) in [5.41, 5.74) is 2.40. The van der Waals surface area contributed by atoms with Gasteiger partial charge in [0, 0.05) is 11.8 Å². The average molecular weight is 474 g/mol. The quantitative estimate of drug-likeness (QED) is 0.294. The van der Waals surface area contributed by atoms with Crippen molar-refractivity contribution < 1.29 is 28.9 Å². The number of hydrogen-bond acceptors (Lipinski definition) is 6. The summed E-state index contributed by atoms with van der Waals surface area (Å²) in [7, 11) is 2.98. The van der Waals surface area contributed by atoms with Crippen molar-refractivity contribution in [3.8, 4) is 17.2 Å². The lowest BCUT2D eigenvalue weighted by molar-refractivity contribution is -0.132. The minimum Gasteiger partial charge on any atom is -0.507 e. The molecule has 1 N–H and O–H groups in total. The summed E-state index contributed by atoms with van der Waals surface area (Å²) in [6.45, 7) is 4.30. The van der Waals surface area contributed by atoms with Crippen molar-refractivity contribution in [3.05, 3.63) is 89.0 Å². The van der Waals surface area contributed by atoms with Gasteiger partial charge in [-0.3, -0.25) is 14.5 Å². The van der Waals surface area contributed by atoms with Gasteiger partial charge >= 0.3 is 0 Å². The van der Waals surface area contributed by atoms with E-state index in [0.717, 1.165) is 11.1 Å². The number of amides is 1. The molecule has 35 heavy (non-hydrogen) atoms. The van der Waals surface area contributed by atoms with E-state index in [1.165, 1.54) is 19.1 Å². The number of anilines is 1. The average Bonchev–Trinajstić information content (AvgIpc) is 3.14. The first-order valence-electron chi connectivity index (χ1n) is 11.2. The first-order chi connectivity index (χ1) is 16.9. The van der Waals surface area contributed by atoms with Crippen LogP contribution >= 0.6 is 0 Å². The van der Waals surface area contributed by atoms with E-state index in [1.54, 1.807) is 42.5 Å². The van der Waals surface area contributed by atoms with Gasteiger partial charge in [-0.25, -0.2) is 0 Å². The van der Waals surface area contributed by atoms with E-state index >= 15 is 0 Å². The second kappa shape index (κ2) is 9.93. The molecule has 0 saturated carbocycles. The molecule has 7 heteroatoms. The normalized spacial score (nSPS) is 16.9. The topological polar surface area (TPSA) is 85.3 Å². The number of hydrogen-bond donors (Lipinski definition) is 1. The highest BCUT2D eigenvalue weighted by Gasteiger charge is 2.47. The maximum Gasteiger partial charge on any atom is 0.300 e. The summed E-state index contributed by atoms with van der Waals surface area (Å²) in [5, 5.41) is 11.4. The van der Waals surface area contributed by atoms with E-state index in [4.69, 9.17) is 14.2 Å². The van der Waals surface area contributed by atoms with Gasteiger partial charge in [0.25, 0.3) is 11.7 Å². The Hall–Kier alpha value is -4.26. The van der Waals surface area contributed by atoms with Crippen LogP contribution in [0.1, 0.15) is 29.7 Å². The van der Waals surface area contributed by atoms with Gasteiger partial charge in [-0.05, 0) is 61.4 Å². The van der Waals surface area contributed by atoms with E-state index in [2.05, 4.69) is 0 Å². The van der Waals surface area contributed by atoms with E-state index < -0.39 is 17.7 Å². The lowest BCUT2D eigenvalue weighted by Gasteiger charge is -2.27. The predicted molar refractivity (Wildman–Crippen MR) is 133 cm³/mol. The molecule has 4 rings (SSSR count).